The third-order valence-corrected chi connectivity index (χ3v) is 4.14. The summed E-state index contributed by atoms with van der Waals surface area (Å²) in [5, 5.41) is 4.46. The summed E-state index contributed by atoms with van der Waals surface area (Å²) < 4.78 is 11.8. The number of benzene rings is 1. The van der Waals surface area contributed by atoms with Gasteiger partial charge in [-0.1, -0.05) is 46.9 Å². The SMILES string of the molecule is CCc1c(Cl)c(OCC=C(Cl)Cl)cc(C)c1OCCCCON=C(C)C. The highest BCUT2D eigenvalue weighted by Gasteiger charge is 2.16. The Hall–Kier alpha value is -1.10. The van der Waals surface area contributed by atoms with Crippen LogP contribution >= 0.6 is 34.8 Å². The molecule has 0 saturated carbocycles. The summed E-state index contributed by atoms with van der Waals surface area (Å²) in [5.41, 5.74) is 2.82. The van der Waals surface area contributed by atoms with E-state index in [9.17, 15) is 0 Å². The van der Waals surface area contributed by atoms with Gasteiger partial charge < -0.3 is 14.3 Å². The molecule has 0 aliphatic rings. The second-order valence-corrected chi connectivity index (χ2v) is 7.28. The highest BCUT2D eigenvalue weighted by molar-refractivity contribution is 6.55. The van der Waals surface area contributed by atoms with Crippen LogP contribution in [0.5, 0.6) is 11.5 Å². The number of aryl methyl sites for hydroxylation is 1. The van der Waals surface area contributed by atoms with Gasteiger partial charge >= 0.3 is 0 Å². The van der Waals surface area contributed by atoms with Crippen molar-refractivity contribution in [2.75, 3.05) is 19.8 Å². The molecule has 0 aromatic heterocycles. The van der Waals surface area contributed by atoms with Gasteiger partial charge in [-0.25, -0.2) is 0 Å². The minimum Gasteiger partial charge on any atom is -0.493 e. The van der Waals surface area contributed by atoms with E-state index in [0.717, 1.165) is 41.9 Å². The summed E-state index contributed by atoms with van der Waals surface area (Å²) >= 11 is 17.7. The molecular formula is C19H26Cl3NO3. The fourth-order valence-corrected chi connectivity index (χ4v) is 2.70. The average Bonchev–Trinajstić information content (AvgIpc) is 2.57. The average molecular weight is 423 g/mol. The number of oxime groups is 1. The highest BCUT2D eigenvalue weighted by Crippen LogP contribution is 2.38. The molecule has 0 spiro atoms. The molecule has 0 radical (unpaired) electrons. The highest BCUT2D eigenvalue weighted by atomic mass is 35.5. The van der Waals surface area contributed by atoms with Crippen molar-refractivity contribution in [1.82, 2.24) is 0 Å². The molecule has 0 aliphatic carbocycles. The molecule has 0 heterocycles. The molecule has 0 unspecified atom stereocenters. The van der Waals surface area contributed by atoms with Crippen molar-refractivity contribution in [3.05, 3.63) is 32.8 Å². The minimum absolute atomic E-state index is 0.164. The molecule has 1 rings (SSSR count). The summed E-state index contributed by atoms with van der Waals surface area (Å²) in [6.07, 6.45) is 4.05. The van der Waals surface area contributed by atoms with E-state index in [4.69, 9.17) is 49.1 Å². The van der Waals surface area contributed by atoms with E-state index < -0.39 is 0 Å². The van der Waals surface area contributed by atoms with Crippen LogP contribution in [-0.2, 0) is 11.3 Å². The topological polar surface area (TPSA) is 40.0 Å². The first-order valence-electron chi connectivity index (χ1n) is 8.58. The maximum absolute atomic E-state index is 6.49. The monoisotopic (exact) mass is 421 g/mol. The van der Waals surface area contributed by atoms with Crippen molar-refractivity contribution < 1.29 is 14.3 Å². The fraction of sp³-hybridized carbons (Fsp3) is 0.526. The van der Waals surface area contributed by atoms with Crippen molar-refractivity contribution in [2.24, 2.45) is 5.16 Å². The van der Waals surface area contributed by atoms with Crippen molar-refractivity contribution in [3.63, 3.8) is 0 Å². The zero-order valence-electron chi connectivity index (χ0n) is 15.7. The molecular weight excluding hydrogens is 397 g/mol. The summed E-state index contributed by atoms with van der Waals surface area (Å²) in [4.78, 5) is 5.18. The smallest absolute Gasteiger partial charge is 0.139 e. The molecule has 0 bridgehead atoms. The van der Waals surface area contributed by atoms with Gasteiger partial charge in [-0.05, 0) is 57.7 Å². The molecule has 1 aromatic carbocycles. The number of rotatable bonds is 11. The van der Waals surface area contributed by atoms with Gasteiger partial charge in [0, 0.05) is 5.56 Å². The van der Waals surface area contributed by atoms with Crippen molar-refractivity contribution >= 4 is 40.5 Å². The molecule has 0 fully saturated rings. The van der Waals surface area contributed by atoms with Gasteiger partial charge in [0.05, 0.1) is 17.3 Å². The number of unbranched alkanes of at least 4 members (excludes halogenated alkanes) is 1. The van der Waals surface area contributed by atoms with E-state index in [0.29, 0.717) is 24.0 Å². The van der Waals surface area contributed by atoms with Crippen LogP contribution < -0.4 is 9.47 Å². The van der Waals surface area contributed by atoms with Crippen LogP contribution in [-0.4, -0.2) is 25.5 Å². The van der Waals surface area contributed by atoms with Crippen LogP contribution in [0.2, 0.25) is 5.02 Å². The van der Waals surface area contributed by atoms with Gasteiger partial charge in [-0.3, -0.25) is 0 Å². The second kappa shape index (κ2) is 12.3. The number of halogens is 3. The molecule has 1 aromatic rings. The van der Waals surface area contributed by atoms with Gasteiger partial charge in [0.2, 0.25) is 0 Å². The fourth-order valence-electron chi connectivity index (χ4n) is 2.25. The molecule has 0 atom stereocenters. The van der Waals surface area contributed by atoms with Gasteiger partial charge in [0.1, 0.15) is 29.2 Å². The Kier molecular flexibility index (Phi) is 10.9. The lowest BCUT2D eigenvalue weighted by molar-refractivity contribution is 0.135. The van der Waals surface area contributed by atoms with Gasteiger partial charge in [-0.2, -0.15) is 0 Å². The van der Waals surface area contributed by atoms with E-state index >= 15 is 0 Å². The molecule has 0 saturated heterocycles. The van der Waals surface area contributed by atoms with E-state index in [1.54, 1.807) is 6.08 Å². The standard InChI is InChI=1S/C19H26Cl3NO3/c1-5-15-18(22)16(24-11-8-17(20)21)12-14(4)19(15)25-9-6-7-10-26-23-13(2)3/h8,12H,5-7,9-11H2,1-4H3. The molecule has 4 nitrogen and oxygen atoms in total. The summed E-state index contributed by atoms with van der Waals surface area (Å²) in [6, 6.07) is 1.87. The number of nitrogens with zero attached hydrogens (tertiary/aromatic N) is 1. The maximum atomic E-state index is 6.49. The van der Waals surface area contributed by atoms with Crippen LogP contribution in [0, 0.1) is 6.92 Å². The van der Waals surface area contributed by atoms with Crippen LogP contribution in [0.15, 0.2) is 21.8 Å². The third-order valence-electron chi connectivity index (χ3n) is 3.41. The summed E-state index contributed by atoms with van der Waals surface area (Å²) in [5.74, 6) is 1.42. The van der Waals surface area contributed by atoms with E-state index in [1.807, 2.05) is 33.8 Å². The molecule has 146 valence electrons. The van der Waals surface area contributed by atoms with Crippen LogP contribution in [0.4, 0.5) is 0 Å². The van der Waals surface area contributed by atoms with E-state index in [2.05, 4.69) is 5.16 Å². The maximum Gasteiger partial charge on any atom is 0.139 e. The second-order valence-electron chi connectivity index (χ2n) is 5.90. The lowest BCUT2D eigenvalue weighted by Crippen LogP contribution is -2.05. The van der Waals surface area contributed by atoms with E-state index in [1.165, 1.54) is 0 Å². The minimum atomic E-state index is 0.164. The number of hydrogen-bond donors (Lipinski definition) is 0. The zero-order chi connectivity index (χ0) is 19.5. The quantitative estimate of drug-likeness (QED) is 0.233. The third kappa shape index (κ3) is 8.07. The first-order chi connectivity index (χ1) is 12.4. The predicted octanol–water partition coefficient (Wildman–Crippen LogP) is 6.48. The van der Waals surface area contributed by atoms with Crippen LogP contribution in [0.3, 0.4) is 0 Å². The molecule has 0 amide bonds. The summed E-state index contributed by atoms with van der Waals surface area (Å²) in [7, 11) is 0. The lowest BCUT2D eigenvalue weighted by atomic mass is 10.1. The van der Waals surface area contributed by atoms with Crippen LogP contribution in [0.25, 0.3) is 0 Å². The van der Waals surface area contributed by atoms with Gasteiger partial charge in [0.15, 0.2) is 0 Å². The van der Waals surface area contributed by atoms with Crippen molar-refractivity contribution in [2.45, 2.75) is 47.0 Å². The lowest BCUT2D eigenvalue weighted by Gasteiger charge is -2.18. The predicted molar refractivity (Wildman–Crippen MR) is 110 cm³/mol. The van der Waals surface area contributed by atoms with Crippen molar-refractivity contribution in [3.8, 4) is 11.5 Å². The van der Waals surface area contributed by atoms with Gasteiger partial charge in [0.25, 0.3) is 0 Å². The largest absolute Gasteiger partial charge is 0.493 e. The Morgan fingerprint density at radius 1 is 1.15 bits per heavy atom. The Labute approximate surface area is 171 Å². The van der Waals surface area contributed by atoms with Gasteiger partial charge in [-0.15, -0.1) is 0 Å². The molecule has 0 N–H and O–H groups in total. The Morgan fingerprint density at radius 2 is 1.85 bits per heavy atom. The summed E-state index contributed by atoms with van der Waals surface area (Å²) in [6.45, 7) is 9.23. The Balaban J connectivity index is 2.66. The molecule has 0 aliphatic heterocycles. The first kappa shape index (κ1) is 22.9. The molecule has 7 heteroatoms. The van der Waals surface area contributed by atoms with Crippen molar-refractivity contribution in [1.29, 1.82) is 0 Å². The Bertz CT molecular complexity index is 637. The number of ether oxygens (including phenoxy) is 2. The van der Waals surface area contributed by atoms with Crippen LogP contribution in [0.1, 0.15) is 44.7 Å². The first-order valence-corrected chi connectivity index (χ1v) is 9.72. The van der Waals surface area contributed by atoms with E-state index in [-0.39, 0.29) is 11.1 Å². The number of hydrogen-bond acceptors (Lipinski definition) is 4. The molecule has 26 heavy (non-hydrogen) atoms. The zero-order valence-corrected chi connectivity index (χ0v) is 18.0. The Morgan fingerprint density at radius 3 is 2.46 bits per heavy atom. The normalized spacial score (nSPS) is 10.3.